The Hall–Kier alpha value is -0.800. The van der Waals surface area contributed by atoms with Gasteiger partial charge < -0.3 is 5.32 Å². The van der Waals surface area contributed by atoms with E-state index in [4.69, 9.17) is 23.2 Å². The number of aromatic nitrogens is 1. The van der Waals surface area contributed by atoms with Gasteiger partial charge in [0, 0.05) is 12.7 Å². The largest absolute Gasteiger partial charge is 0.352 e. The van der Waals surface area contributed by atoms with E-state index in [9.17, 15) is 4.79 Å². The van der Waals surface area contributed by atoms with Crippen LogP contribution in [-0.2, 0) is 0 Å². The zero-order chi connectivity index (χ0) is 12.1. The van der Waals surface area contributed by atoms with Gasteiger partial charge in [0.25, 0.3) is 5.91 Å². The summed E-state index contributed by atoms with van der Waals surface area (Å²) in [6.45, 7) is 4.83. The average molecular weight is 261 g/mol. The highest BCUT2D eigenvalue weighted by molar-refractivity contribution is 6.35. The number of hydrogen-bond donors (Lipinski definition) is 1. The molecule has 1 aromatic rings. The summed E-state index contributed by atoms with van der Waals surface area (Å²) < 4.78 is 0. The van der Waals surface area contributed by atoms with Crippen molar-refractivity contribution in [2.24, 2.45) is 5.92 Å². The lowest BCUT2D eigenvalue weighted by atomic mass is 10.1. The molecule has 0 bridgehead atoms. The maximum Gasteiger partial charge on any atom is 0.252 e. The van der Waals surface area contributed by atoms with Crippen molar-refractivity contribution in [1.82, 2.24) is 10.3 Å². The van der Waals surface area contributed by atoms with E-state index in [2.05, 4.69) is 24.1 Å². The number of hydrogen-bond acceptors (Lipinski definition) is 2. The molecule has 1 amide bonds. The standard InChI is InChI=1S/C11H14Cl2N2O/c1-7(2)3-4-14-11(16)8-5-10(13)15-6-9(8)12/h5-7H,3-4H2,1-2H3,(H,14,16). The van der Waals surface area contributed by atoms with Crippen molar-refractivity contribution in [3.63, 3.8) is 0 Å². The molecule has 1 aromatic heterocycles. The molecule has 3 nitrogen and oxygen atoms in total. The molecule has 16 heavy (non-hydrogen) atoms. The molecule has 0 radical (unpaired) electrons. The molecule has 88 valence electrons. The Balaban J connectivity index is 2.62. The van der Waals surface area contributed by atoms with E-state index in [0.29, 0.717) is 23.0 Å². The first-order chi connectivity index (χ1) is 7.50. The number of carbonyl (C=O) groups excluding carboxylic acids is 1. The topological polar surface area (TPSA) is 42.0 Å². The lowest BCUT2D eigenvalue weighted by Crippen LogP contribution is -2.25. The molecule has 0 atom stereocenters. The quantitative estimate of drug-likeness (QED) is 0.846. The van der Waals surface area contributed by atoms with E-state index >= 15 is 0 Å². The maximum absolute atomic E-state index is 11.7. The first-order valence-electron chi connectivity index (χ1n) is 5.10. The fraction of sp³-hybridized carbons (Fsp3) is 0.455. The first-order valence-corrected chi connectivity index (χ1v) is 5.85. The number of pyridine rings is 1. The predicted octanol–water partition coefficient (Wildman–Crippen LogP) is 3.16. The minimum absolute atomic E-state index is 0.213. The Morgan fingerprint density at radius 1 is 1.50 bits per heavy atom. The maximum atomic E-state index is 11.7. The van der Waals surface area contributed by atoms with E-state index in [1.807, 2.05) is 0 Å². The Morgan fingerprint density at radius 3 is 2.81 bits per heavy atom. The van der Waals surface area contributed by atoms with E-state index < -0.39 is 0 Å². The normalized spacial score (nSPS) is 10.6. The number of nitrogens with zero attached hydrogens (tertiary/aromatic N) is 1. The van der Waals surface area contributed by atoms with Crippen molar-refractivity contribution < 1.29 is 4.79 Å². The Labute approximate surface area is 105 Å². The van der Waals surface area contributed by atoms with E-state index in [0.717, 1.165) is 6.42 Å². The van der Waals surface area contributed by atoms with Crippen LogP contribution in [0.4, 0.5) is 0 Å². The Morgan fingerprint density at radius 2 is 2.19 bits per heavy atom. The van der Waals surface area contributed by atoms with Gasteiger partial charge in [-0.15, -0.1) is 0 Å². The van der Waals surface area contributed by atoms with Crippen molar-refractivity contribution in [3.8, 4) is 0 Å². The number of halogens is 2. The van der Waals surface area contributed by atoms with E-state index in [1.54, 1.807) is 0 Å². The summed E-state index contributed by atoms with van der Waals surface area (Å²) in [5, 5.41) is 3.36. The lowest BCUT2D eigenvalue weighted by Gasteiger charge is -2.08. The molecule has 0 spiro atoms. The van der Waals surface area contributed by atoms with Gasteiger partial charge in [-0.25, -0.2) is 4.98 Å². The van der Waals surface area contributed by atoms with Crippen LogP contribution in [-0.4, -0.2) is 17.4 Å². The zero-order valence-corrected chi connectivity index (χ0v) is 10.8. The molecule has 0 saturated heterocycles. The van der Waals surface area contributed by atoms with Crippen LogP contribution >= 0.6 is 23.2 Å². The third-order valence-electron chi connectivity index (χ3n) is 2.07. The summed E-state index contributed by atoms with van der Waals surface area (Å²) in [7, 11) is 0. The van der Waals surface area contributed by atoms with Crippen LogP contribution in [0, 0.1) is 5.92 Å². The second-order valence-electron chi connectivity index (χ2n) is 3.93. The fourth-order valence-corrected chi connectivity index (χ4v) is 1.50. The minimum Gasteiger partial charge on any atom is -0.352 e. The molecule has 1 rings (SSSR count). The fourth-order valence-electron chi connectivity index (χ4n) is 1.16. The molecule has 0 aliphatic carbocycles. The predicted molar refractivity (Wildman–Crippen MR) is 66.0 cm³/mol. The molecular formula is C11H14Cl2N2O. The summed E-state index contributed by atoms with van der Waals surface area (Å²) in [6, 6.07) is 1.47. The molecule has 1 heterocycles. The summed E-state index contributed by atoms with van der Waals surface area (Å²) in [4.78, 5) is 15.5. The van der Waals surface area contributed by atoms with Gasteiger partial charge in [0.15, 0.2) is 0 Å². The van der Waals surface area contributed by atoms with Gasteiger partial charge in [0.1, 0.15) is 5.15 Å². The van der Waals surface area contributed by atoms with Gasteiger partial charge in [-0.2, -0.15) is 0 Å². The van der Waals surface area contributed by atoms with Crippen molar-refractivity contribution in [2.75, 3.05) is 6.54 Å². The molecule has 0 aliphatic rings. The highest BCUT2D eigenvalue weighted by atomic mass is 35.5. The summed E-state index contributed by atoms with van der Waals surface area (Å²) in [5.74, 6) is 0.340. The first kappa shape index (κ1) is 13.3. The van der Waals surface area contributed by atoms with Crippen molar-refractivity contribution >= 4 is 29.1 Å². The number of rotatable bonds is 4. The van der Waals surface area contributed by atoms with Gasteiger partial charge in [-0.1, -0.05) is 37.0 Å². The smallest absolute Gasteiger partial charge is 0.252 e. The molecule has 1 N–H and O–H groups in total. The monoisotopic (exact) mass is 260 g/mol. The van der Waals surface area contributed by atoms with Crippen LogP contribution in [0.15, 0.2) is 12.3 Å². The summed E-state index contributed by atoms with van der Waals surface area (Å²) in [5.41, 5.74) is 0.366. The Kier molecular flexibility index (Phi) is 5.03. The summed E-state index contributed by atoms with van der Waals surface area (Å²) >= 11 is 11.5. The van der Waals surface area contributed by atoms with Gasteiger partial charge in [-0.3, -0.25) is 4.79 Å². The molecular weight excluding hydrogens is 247 g/mol. The third kappa shape index (κ3) is 3.99. The number of nitrogens with one attached hydrogen (secondary N) is 1. The molecule has 0 unspecified atom stereocenters. The van der Waals surface area contributed by atoms with E-state index in [-0.39, 0.29) is 11.1 Å². The SMILES string of the molecule is CC(C)CCNC(=O)c1cc(Cl)ncc1Cl. The van der Waals surface area contributed by atoms with Gasteiger partial charge in [0.2, 0.25) is 0 Å². The number of amides is 1. The highest BCUT2D eigenvalue weighted by Crippen LogP contribution is 2.17. The molecule has 0 aromatic carbocycles. The number of carbonyl (C=O) groups is 1. The van der Waals surface area contributed by atoms with Crippen LogP contribution in [0.1, 0.15) is 30.6 Å². The van der Waals surface area contributed by atoms with Gasteiger partial charge in [0.05, 0.1) is 10.6 Å². The van der Waals surface area contributed by atoms with Crippen molar-refractivity contribution in [3.05, 3.63) is 28.0 Å². The van der Waals surface area contributed by atoms with Crippen LogP contribution in [0.25, 0.3) is 0 Å². The molecule has 0 fully saturated rings. The Bertz CT molecular complexity index is 380. The summed E-state index contributed by atoms with van der Waals surface area (Å²) in [6.07, 6.45) is 2.31. The highest BCUT2D eigenvalue weighted by Gasteiger charge is 2.11. The lowest BCUT2D eigenvalue weighted by molar-refractivity contribution is 0.0952. The van der Waals surface area contributed by atoms with Crippen molar-refractivity contribution in [2.45, 2.75) is 20.3 Å². The molecule has 5 heteroatoms. The molecule has 0 aliphatic heterocycles. The van der Waals surface area contributed by atoms with Crippen LogP contribution in [0.2, 0.25) is 10.2 Å². The second-order valence-corrected chi connectivity index (χ2v) is 4.72. The van der Waals surface area contributed by atoms with Gasteiger partial charge >= 0.3 is 0 Å². The van der Waals surface area contributed by atoms with Gasteiger partial charge in [-0.05, 0) is 18.4 Å². The van der Waals surface area contributed by atoms with Crippen LogP contribution < -0.4 is 5.32 Å². The zero-order valence-electron chi connectivity index (χ0n) is 9.26. The van der Waals surface area contributed by atoms with E-state index in [1.165, 1.54) is 12.3 Å². The average Bonchev–Trinajstić information content (AvgIpc) is 2.21. The van der Waals surface area contributed by atoms with Crippen LogP contribution in [0.3, 0.4) is 0 Å². The second kappa shape index (κ2) is 6.06. The van der Waals surface area contributed by atoms with Crippen molar-refractivity contribution in [1.29, 1.82) is 0 Å². The molecule has 0 saturated carbocycles. The third-order valence-corrected chi connectivity index (χ3v) is 2.58. The van der Waals surface area contributed by atoms with Crippen LogP contribution in [0.5, 0.6) is 0 Å². The minimum atomic E-state index is -0.213.